The highest BCUT2D eigenvalue weighted by molar-refractivity contribution is 7.81. The number of hydrogen-bond acceptors (Lipinski definition) is 2. The van der Waals surface area contributed by atoms with Crippen molar-refractivity contribution in [3.05, 3.63) is 0 Å². The third kappa shape index (κ3) is 2.94. The average molecular weight is 120 g/mol. The van der Waals surface area contributed by atoms with Gasteiger partial charge in [-0.05, 0) is 5.92 Å². The summed E-state index contributed by atoms with van der Waals surface area (Å²) in [5.74, 6) is 0.480. The summed E-state index contributed by atoms with van der Waals surface area (Å²) in [6, 6.07) is 0. The van der Waals surface area contributed by atoms with E-state index >= 15 is 0 Å². The minimum absolute atomic E-state index is 0.153. The molecule has 0 heterocycles. The van der Waals surface area contributed by atoms with Crippen LogP contribution in [-0.2, 0) is 0 Å². The Morgan fingerprint density at radius 1 is 1.57 bits per heavy atom. The molecule has 0 rings (SSSR count). The maximum atomic E-state index is 8.43. The Labute approximate surface area is 50.1 Å². The van der Waals surface area contributed by atoms with E-state index in [0.29, 0.717) is 5.92 Å². The van der Waals surface area contributed by atoms with Gasteiger partial charge in [0.05, 0.1) is 6.61 Å². The van der Waals surface area contributed by atoms with Gasteiger partial charge in [-0.1, -0.05) is 13.8 Å². The molecule has 0 aliphatic rings. The zero-order valence-corrected chi connectivity index (χ0v) is 5.65. The van der Waals surface area contributed by atoms with Gasteiger partial charge in [0.15, 0.2) is 0 Å². The molecular weight excluding hydrogens is 108 g/mol. The molecule has 0 aromatic rings. The lowest BCUT2D eigenvalue weighted by molar-refractivity contribution is 0.276. The number of aliphatic hydroxyl groups excluding tert-OH is 1. The second-order valence-electron chi connectivity index (χ2n) is 1.99. The lowest BCUT2D eigenvalue weighted by Gasteiger charge is -2.08. The molecule has 7 heavy (non-hydrogen) atoms. The maximum absolute atomic E-state index is 8.43. The zero-order chi connectivity index (χ0) is 5.86. The van der Waals surface area contributed by atoms with E-state index < -0.39 is 0 Å². The highest BCUT2D eigenvalue weighted by atomic mass is 32.1. The van der Waals surface area contributed by atoms with Crippen LogP contribution in [0, 0.1) is 5.92 Å². The molecule has 0 radical (unpaired) electrons. The van der Waals surface area contributed by atoms with E-state index in [9.17, 15) is 0 Å². The first kappa shape index (κ1) is 7.31. The predicted molar refractivity (Wildman–Crippen MR) is 34.7 cm³/mol. The molecule has 0 unspecified atom stereocenters. The van der Waals surface area contributed by atoms with Crippen LogP contribution in [0.5, 0.6) is 0 Å². The zero-order valence-electron chi connectivity index (χ0n) is 4.76. The Bertz CT molecular complexity index is 45.3. The van der Waals surface area contributed by atoms with Crippen LogP contribution >= 0.6 is 12.6 Å². The molecule has 1 N–H and O–H groups in total. The van der Waals surface area contributed by atoms with E-state index in [4.69, 9.17) is 5.11 Å². The molecule has 0 saturated carbocycles. The van der Waals surface area contributed by atoms with Gasteiger partial charge in [0.1, 0.15) is 0 Å². The minimum Gasteiger partial charge on any atom is -0.395 e. The summed E-state index contributed by atoms with van der Waals surface area (Å²) in [7, 11) is 0. The Kier molecular flexibility index (Phi) is 3.48. The number of thiol groups is 1. The van der Waals surface area contributed by atoms with Crippen molar-refractivity contribution in [3.63, 3.8) is 0 Å². The molecule has 0 aliphatic heterocycles. The monoisotopic (exact) mass is 120 g/mol. The van der Waals surface area contributed by atoms with Gasteiger partial charge in [-0.25, -0.2) is 0 Å². The van der Waals surface area contributed by atoms with Gasteiger partial charge in [0.25, 0.3) is 0 Å². The molecule has 44 valence electrons. The summed E-state index contributed by atoms with van der Waals surface area (Å²) < 4.78 is 0. The van der Waals surface area contributed by atoms with Crippen LogP contribution in [0.15, 0.2) is 0 Å². The maximum Gasteiger partial charge on any atom is 0.0549 e. The fraction of sp³-hybridized carbons (Fsp3) is 1.00. The smallest absolute Gasteiger partial charge is 0.0549 e. The summed E-state index contributed by atoms with van der Waals surface area (Å²) in [6.07, 6.45) is 0. The third-order valence-electron chi connectivity index (χ3n) is 0.957. The molecular formula is C5H12OS. The average Bonchev–Trinajstić information content (AvgIpc) is 1.65. The molecule has 0 saturated heterocycles. The van der Waals surface area contributed by atoms with Crippen LogP contribution in [0.4, 0.5) is 0 Å². The molecule has 0 bridgehead atoms. The van der Waals surface area contributed by atoms with E-state index in [0.717, 1.165) is 0 Å². The van der Waals surface area contributed by atoms with Gasteiger partial charge in [-0.3, -0.25) is 0 Å². The number of rotatable bonds is 2. The Morgan fingerprint density at radius 3 is 2.00 bits per heavy atom. The molecule has 1 atom stereocenters. The van der Waals surface area contributed by atoms with Crippen molar-refractivity contribution in [2.75, 3.05) is 6.61 Å². The first-order valence-electron chi connectivity index (χ1n) is 2.47. The van der Waals surface area contributed by atoms with Crippen molar-refractivity contribution < 1.29 is 5.11 Å². The van der Waals surface area contributed by atoms with Crippen molar-refractivity contribution in [1.29, 1.82) is 0 Å². The SMILES string of the molecule is CC(C)[C@H](S)CO. The minimum atomic E-state index is 0.153. The van der Waals surface area contributed by atoms with E-state index in [1.54, 1.807) is 0 Å². The van der Waals surface area contributed by atoms with E-state index in [1.807, 2.05) is 13.8 Å². The van der Waals surface area contributed by atoms with Gasteiger partial charge in [-0.2, -0.15) is 12.6 Å². The van der Waals surface area contributed by atoms with Gasteiger partial charge in [-0.15, -0.1) is 0 Å². The fourth-order valence-electron chi connectivity index (χ4n) is 0.211. The summed E-state index contributed by atoms with van der Waals surface area (Å²) in [6.45, 7) is 4.25. The van der Waals surface area contributed by atoms with Crippen LogP contribution in [-0.4, -0.2) is 17.0 Å². The lowest BCUT2D eigenvalue weighted by atomic mass is 10.1. The molecule has 0 aliphatic carbocycles. The van der Waals surface area contributed by atoms with Gasteiger partial charge in [0, 0.05) is 5.25 Å². The number of aliphatic hydroxyl groups is 1. The second-order valence-corrected chi connectivity index (χ2v) is 2.66. The largest absolute Gasteiger partial charge is 0.395 e. The highest BCUT2D eigenvalue weighted by Crippen LogP contribution is 2.05. The first-order chi connectivity index (χ1) is 3.18. The third-order valence-corrected chi connectivity index (χ3v) is 1.72. The topological polar surface area (TPSA) is 20.2 Å². The predicted octanol–water partition coefficient (Wildman–Crippen LogP) is 0.933. The van der Waals surface area contributed by atoms with Crippen molar-refractivity contribution in [1.82, 2.24) is 0 Å². The Morgan fingerprint density at radius 2 is 2.00 bits per heavy atom. The van der Waals surface area contributed by atoms with Crippen molar-refractivity contribution in [2.24, 2.45) is 5.92 Å². The number of hydrogen-bond donors (Lipinski definition) is 2. The molecule has 1 nitrogen and oxygen atoms in total. The van der Waals surface area contributed by atoms with Crippen LogP contribution in [0.25, 0.3) is 0 Å². The second kappa shape index (κ2) is 3.33. The normalized spacial score (nSPS) is 15.0. The molecule has 0 spiro atoms. The van der Waals surface area contributed by atoms with Gasteiger partial charge in [0.2, 0.25) is 0 Å². The van der Waals surface area contributed by atoms with E-state index in [2.05, 4.69) is 12.6 Å². The lowest BCUT2D eigenvalue weighted by Crippen LogP contribution is -2.11. The molecule has 0 fully saturated rings. The molecule has 0 aromatic carbocycles. The van der Waals surface area contributed by atoms with Crippen LogP contribution < -0.4 is 0 Å². The van der Waals surface area contributed by atoms with Crippen molar-refractivity contribution in [3.8, 4) is 0 Å². The van der Waals surface area contributed by atoms with Crippen molar-refractivity contribution >= 4 is 12.6 Å². The molecule has 0 amide bonds. The quantitative estimate of drug-likeness (QED) is 0.519. The van der Waals surface area contributed by atoms with E-state index in [1.165, 1.54) is 0 Å². The van der Waals surface area contributed by atoms with Crippen LogP contribution in [0.3, 0.4) is 0 Å². The Hall–Kier alpha value is 0.310. The summed E-state index contributed by atoms with van der Waals surface area (Å²) >= 11 is 4.07. The van der Waals surface area contributed by atoms with Gasteiger partial charge >= 0.3 is 0 Å². The van der Waals surface area contributed by atoms with Crippen LogP contribution in [0.1, 0.15) is 13.8 Å². The van der Waals surface area contributed by atoms with Gasteiger partial charge < -0.3 is 5.11 Å². The summed E-state index contributed by atoms with van der Waals surface area (Å²) in [5.41, 5.74) is 0. The fourth-order valence-corrected chi connectivity index (χ4v) is 0.211. The van der Waals surface area contributed by atoms with Crippen LogP contribution in [0.2, 0.25) is 0 Å². The highest BCUT2D eigenvalue weighted by Gasteiger charge is 2.03. The summed E-state index contributed by atoms with van der Waals surface area (Å²) in [4.78, 5) is 0. The Balaban J connectivity index is 3.14. The molecule has 0 aromatic heterocycles. The first-order valence-corrected chi connectivity index (χ1v) is 2.99. The molecule has 2 heteroatoms. The summed E-state index contributed by atoms with van der Waals surface area (Å²) in [5, 5.41) is 8.58. The standard InChI is InChI=1S/C5H12OS/c1-4(2)5(7)3-6/h4-7H,3H2,1-2H3/t5-/m1/s1. The van der Waals surface area contributed by atoms with Crippen molar-refractivity contribution in [2.45, 2.75) is 19.1 Å². The van der Waals surface area contributed by atoms with E-state index in [-0.39, 0.29) is 11.9 Å².